The van der Waals surface area contributed by atoms with Crippen molar-refractivity contribution < 1.29 is 9.53 Å². The number of pyridine rings is 1. The first-order valence-corrected chi connectivity index (χ1v) is 9.21. The first-order valence-electron chi connectivity index (χ1n) is 9.21. The molecule has 144 valence electrons. The second kappa shape index (κ2) is 7.77. The van der Waals surface area contributed by atoms with Crippen molar-refractivity contribution >= 4 is 17.4 Å². The predicted octanol–water partition coefficient (Wildman–Crippen LogP) is 2.53. The zero-order chi connectivity index (χ0) is 19.5. The van der Waals surface area contributed by atoms with Crippen LogP contribution in [0.2, 0.25) is 0 Å². The molecule has 1 N–H and O–H groups in total. The maximum atomic E-state index is 12.5. The lowest BCUT2D eigenvalue weighted by molar-refractivity contribution is -0.00545. The summed E-state index contributed by atoms with van der Waals surface area (Å²) in [6, 6.07) is 11.0. The van der Waals surface area contributed by atoms with Crippen molar-refractivity contribution in [1.29, 1.82) is 0 Å². The molecule has 4 rings (SSSR count). The smallest absolute Gasteiger partial charge is 0.255 e. The van der Waals surface area contributed by atoms with Crippen LogP contribution < -0.4 is 10.2 Å². The molecule has 8 nitrogen and oxygen atoms in total. The first kappa shape index (κ1) is 18.1. The molecule has 0 radical (unpaired) electrons. The number of carbonyl (C=O) groups is 1. The highest BCUT2D eigenvalue weighted by Crippen LogP contribution is 2.20. The molecular weight excluding hydrogens is 356 g/mol. The molecule has 1 aliphatic rings. The van der Waals surface area contributed by atoms with Crippen LogP contribution in [0, 0.1) is 0 Å². The fraction of sp³-hybridized carbons (Fsp3) is 0.300. The normalized spacial score (nSPS) is 19.4. The summed E-state index contributed by atoms with van der Waals surface area (Å²) in [6.45, 7) is 5.74. The van der Waals surface area contributed by atoms with Gasteiger partial charge in [0.15, 0.2) is 0 Å². The third kappa shape index (κ3) is 4.01. The molecule has 2 aromatic heterocycles. The lowest BCUT2D eigenvalue weighted by atomic mass is 10.2. The number of rotatable bonds is 4. The van der Waals surface area contributed by atoms with Crippen LogP contribution in [0.15, 0.2) is 55.2 Å². The third-order valence-electron chi connectivity index (χ3n) is 4.56. The van der Waals surface area contributed by atoms with Crippen molar-refractivity contribution in [3.8, 4) is 5.69 Å². The molecule has 28 heavy (non-hydrogen) atoms. The highest BCUT2D eigenvalue weighted by Gasteiger charge is 2.23. The Morgan fingerprint density at radius 3 is 2.46 bits per heavy atom. The third-order valence-corrected chi connectivity index (χ3v) is 4.56. The maximum Gasteiger partial charge on any atom is 0.255 e. The van der Waals surface area contributed by atoms with E-state index in [9.17, 15) is 4.79 Å². The van der Waals surface area contributed by atoms with E-state index >= 15 is 0 Å². The number of anilines is 2. The van der Waals surface area contributed by atoms with Crippen molar-refractivity contribution in [3.63, 3.8) is 0 Å². The van der Waals surface area contributed by atoms with Crippen LogP contribution in [-0.4, -0.2) is 51.0 Å². The monoisotopic (exact) mass is 378 g/mol. The Balaban J connectivity index is 1.40. The summed E-state index contributed by atoms with van der Waals surface area (Å²) in [5, 5.41) is 6.95. The molecule has 1 aromatic carbocycles. The fourth-order valence-corrected chi connectivity index (χ4v) is 3.32. The average molecular weight is 378 g/mol. The molecule has 2 atom stereocenters. The molecule has 3 heterocycles. The minimum atomic E-state index is -0.187. The zero-order valence-corrected chi connectivity index (χ0v) is 15.8. The second-order valence-electron chi connectivity index (χ2n) is 6.91. The number of carbonyl (C=O) groups excluding carboxylic acids is 1. The summed E-state index contributed by atoms with van der Waals surface area (Å²) in [4.78, 5) is 23.1. The standard InChI is InChI=1S/C20H22N6O2/c1-14-10-25(11-15(2)28-14)19-8-5-17(9-22-19)24-20(27)16-3-6-18(7-4-16)26-13-21-12-23-26/h3-9,12-15H,10-11H2,1-2H3,(H,24,27)/t14-,15-/m1/s1. The lowest BCUT2D eigenvalue weighted by Gasteiger charge is -2.36. The van der Waals surface area contributed by atoms with E-state index in [1.807, 2.05) is 24.3 Å². The quantitative estimate of drug-likeness (QED) is 0.751. The van der Waals surface area contributed by atoms with E-state index in [2.05, 4.69) is 39.1 Å². The Kier molecular flexibility index (Phi) is 5.03. The summed E-state index contributed by atoms with van der Waals surface area (Å²) in [6.07, 6.45) is 5.10. The van der Waals surface area contributed by atoms with Crippen LogP contribution in [0.5, 0.6) is 0 Å². The van der Waals surface area contributed by atoms with Gasteiger partial charge in [0.2, 0.25) is 0 Å². The van der Waals surface area contributed by atoms with E-state index in [0.29, 0.717) is 11.3 Å². The number of aromatic nitrogens is 4. The molecule has 8 heteroatoms. The van der Waals surface area contributed by atoms with Crippen LogP contribution in [0.25, 0.3) is 5.69 Å². The highest BCUT2D eigenvalue weighted by atomic mass is 16.5. The lowest BCUT2D eigenvalue weighted by Crippen LogP contribution is -2.45. The molecule has 0 aliphatic carbocycles. The molecule has 1 fully saturated rings. The van der Waals surface area contributed by atoms with Crippen LogP contribution in [0.1, 0.15) is 24.2 Å². The van der Waals surface area contributed by atoms with E-state index < -0.39 is 0 Å². The topological polar surface area (TPSA) is 85.2 Å². The number of benzene rings is 1. The molecule has 1 amide bonds. The van der Waals surface area contributed by atoms with Crippen LogP contribution in [0.3, 0.4) is 0 Å². The van der Waals surface area contributed by atoms with Crippen molar-refractivity contribution in [2.75, 3.05) is 23.3 Å². The first-order chi connectivity index (χ1) is 13.6. The minimum Gasteiger partial charge on any atom is -0.372 e. The molecule has 0 bridgehead atoms. The van der Waals surface area contributed by atoms with Crippen LogP contribution in [-0.2, 0) is 4.74 Å². The molecule has 1 saturated heterocycles. The van der Waals surface area contributed by atoms with Gasteiger partial charge in [-0.3, -0.25) is 4.79 Å². The maximum absolute atomic E-state index is 12.5. The SMILES string of the molecule is C[C@@H]1CN(c2ccc(NC(=O)c3ccc(-n4cncn4)cc3)cn2)C[C@@H](C)O1. The van der Waals surface area contributed by atoms with Gasteiger partial charge in [0, 0.05) is 18.7 Å². The summed E-state index contributed by atoms with van der Waals surface area (Å²) in [5.74, 6) is 0.700. The number of nitrogens with zero attached hydrogens (tertiary/aromatic N) is 5. The Bertz CT molecular complexity index is 914. The molecular formula is C20H22N6O2. The van der Waals surface area contributed by atoms with Gasteiger partial charge < -0.3 is 15.0 Å². The van der Waals surface area contributed by atoms with Crippen LogP contribution >= 0.6 is 0 Å². The zero-order valence-electron chi connectivity index (χ0n) is 15.8. The van der Waals surface area contributed by atoms with Gasteiger partial charge >= 0.3 is 0 Å². The minimum absolute atomic E-state index is 0.172. The highest BCUT2D eigenvalue weighted by molar-refractivity contribution is 6.04. The number of amides is 1. The summed E-state index contributed by atoms with van der Waals surface area (Å²) in [7, 11) is 0. The van der Waals surface area contributed by atoms with Gasteiger partial charge in [-0.2, -0.15) is 5.10 Å². The Hall–Kier alpha value is -3.26. The van der Waals surface area contributed by atoms with Gasteiger partial charge in [0.1, 0.15) is 18.5 Å². The van der Waals surface area contributed by atoms with Crippen LogP contribution in [0.4, 0.5) is 11.5 Å². The van der Waals surface area contributed by atoms with Gasteiger partial charge in [-0.1, -0.05) is 0 Å². The van der Waals surface area contributed by atoms with E-state index in [4.69, 9.17) is 4.74 Å². The van der Waals surface area contributed by atoms with Gasteiger partial charge in [-0.15, -0.1) is 0 Å². The number of nitrogens with one attached hydrogen (secondary N) is 1. The van der Waals surface area contributed by atoms with Crippen molar-refractivity contribution in [2.24, 2.45) is 0 Å². The summed E-state index contributed by atoms with van der Waals surface area (Å²) in [5.41, 5.74) is 2.06. The van der Waals surface area contributed by atoms with Gasteiger partial charge in [0.05, 0.1) is 29.8 Å². The van der Waals surface area contributed by atoms with E-state index in [1.54, 1.807) is 29.3 Å². The molecule has 0 unspecified atom stereocenters. The summed E-state index contributed by atoms with van der Waals surface area (Å²) >= 11 is 0. The Morgan fingerprint density at radius 2 is 1.86 bits per heavy atom. The second-order valence-corrected chi connectivity index (χ2v) is 6.91. The van der Waals surface area contributed by atoms with Gasteiger partial charge in [0.25, 0.3) is 5.91 Å². The van der Waals surface area contributed by atoms with Gasteiger partial charge in [-0.05, 0) is 50.2 Å². The number of hydrogen-bond acceptors (Lipinski definition) is 6. The summed E-state index contributed by atoms with van der Waals surface area (Å²) < 4.78 is 7.40. The largest absolute Gasteiger partial charge is 0.372 e. The number of morpholine rings is 1. The van der Waals surface area contributed by atoms with Crippen molar-refractivity contribution in [3.05, 3.63) is 60.8 Å². The predicted molar refractivity (Wildman–Crippen MR) is 106 cm³/mol. The molecule has 3 aromatic rings. The molecule has 0 saturated carbocycles. The Labute approximate surface area is 163 Å². The van der Waals surface area contributed by atoms with E-state index in [0.717, 1.165) is 24.6 Å². The molecule has 1 aliphatic heterocycles. The van der Waals surface area contributed by atoms with E-state index in [-0.39, 0.29) is 18.1 Å². The van der Waals surface area contributed by atoms with Crippen molar-refractivity contribution in [1.82, 2.24) is 19.7 Å². The van der Waals surface area contributed by atoms with E-state index in [1.165, 1.54) is 6.33 Å². The Morgan fingerprint density at radius 1 is 1.11 bits per heavy atom. The van der Waals surface area contributed by atoms with Crippen molar-refractivity contribution in [2.45, 2.75) is 26.1 Å². The van der Waals surface area contributed by atoms with Gasteiger partial charge in [-0.25, -0.2) is 14.6 Å². The fourth-order valence-electron chi connectivity index (χ4n) is 3.32. The molecule has 0 spiro atoms. The number of ether oxygens (including phenoxy) is 1. The average Bonchev–Trinajstić information content (AvgIpc) is 3.23. The number of hydrogen-bond donors (Lipinski definition) is 1.